The second-order valence-electron chi connectivity index (χ2n) is 8.95. The number of rotatable bonds is 6. The lowest BCUT2D eigenvalue weighted by molar-refractivity contribution is 0.0999. The number of nitrogens with two attached hydrogens (primary N) is 1. The van der Waals surface area contributed by atoms with E-state index in [0.717, 1.165) is 74.2 Å². The summed E-state index contributed by atoms with van der Waals surface area (Å²) in [5, 5.41) is 4.13. The first-order valence-corrected chi connectivity index (χ1v) is 12.3. The van der Waals surface area contributed by atoms with Gasteiger partial charge in [-0.1, -0.05) is 67.4 Å². The summed E-state index contributed by atoms with van der Waals surface area (Å²) in [6.45, 7) is 5.58. The molecule has 0 spiro atoms. The average Bonchev–Trinajstić information content (AvgIpc) is 3.22. The van der Waals surface area contributed by atoms with Crippen LogP contribution in [-0.4, -0.2) is 32.1 Å². The van der Waals surface area contributed by atoms with Crippen molar-refractivity contribution in [3.05, 3.63) is 75.8 Å². The predicted molar refractivity (Wildman–Crippen MR) is 145 cm³/mol. The fourth-order valence-corrected chi connectivity index (χ4v) is 5.70. The summed E-state index contributed by atoms with van der Waals surface area (Å²) in [5.74, 6) is -0.346. The minimum atomic E-state index is -0.346. The first-order chi connectivity index (χ1) is 16.1. The van der Waals surface area contributed by atoms with Crippen LogP contribution in [0, 0.1) is 0 Å². The number of carbonyl (C=O) groups is 1. The number of benzene rings is 3. The van der Waals surface area contributed by atoms with Crippen LogP contribution in [0.15, 0.2) is 48.5 Å². The molecule has 178 valence electrons. The van der Waals surface area contributed by atoms with Crippen molar-refractivity contribution < 1.29 is 4.79 Å². The zero-order chi connectivity index (χ0) is 22.9. The van der Waals surface area contributed by atoms with Crippen LogP contribution in [0.4, 0.5) is 5.69 Å². The SMILES string of the molecule is CCCCc1c2c(c(-c3ccccc3Cl)c(N3CCNCC3)c1C(N)=O)-c1ccccc1C2.Cl. The largest absolute Gasteiger partial charge is 0.368 e. The molecule has 0 unspecified atom stereocenters. The Morgan fingerprint density at radius 1 is 1.03 bits per heavy atom. The minimum absolute atomic E-state index is 0. The van der Waals surface area contributed by atoms with Crippen molar-refractivity contribution in [2.45, 2.75) is 32.6 Å². The van der Waals surface area contributed by atoms with Gasteiger partial charge in [0.1, 0.15) is 0 Å². The smallest absolute Gasteiger partial charge is 0.251 e. The quantitative estimate of drug-likeness (QED) is 0.352. The molecule has 0 radical (unpaired) electrons. The number of primary amides is 1. The van der Waals surface area contributed by atoms with Crippen molar-refractivity contribution in [2.75, 3.05) is 31.1 Å². The van der Waals surface area contributed by atoms with Gasteiger partial charge in [-0.3, -0.25) is 4.79 Å². The number of hydrogen-bond donors (Lipinski definition) is 2. The summed E-state index contributed by atoms with van der Waals surface area (Å²) in [7, 11) is 0. The van der Waals surface area contributed by atoms with E-state index < -0.39 is 0 Å². The Bertz CT molecular complexity index is 1220. The molecule has 0 aromatic heterocycles. The Balaban J connectivity index is 0.00000274. The van der Waals surface area contributed by atoms with Gasteiger partial charge in [0.05, 0.1) is 11.3 Å². The van der Waals surface area contributed by atoms with E-state index >= 15 is 0 Å². The number of unbranched alkanes of at least 4 members (excludes halogenated alkanes) is 1. The summed E-state index contributed by atoms with van der Waals surface area (Å²) in [6, 6.07) is 16.6. The first-order valence-electron chi connectivity index (χ1n) is 11.9. The Morgan fingerprint density at radius 3 is 2.38 bits per heavy atom. The highest BCUT2D eigenvalue weighted by Gasteiger charge is 2.34. The normalized spacial score (nSPS) is 14.4. The molecule has 5 rings (SSSR count). The Kier molecular flexibility index (Phi) is 7.51. The molecule has 1 amide bonds. The molecule has 3 N–H and O–H groups in total. The standard InChI is InChI=1S/C28H30ClN3O.ClH/c1-2-3-9-20-22-17-18-8-4-5-10-19(18)24(22)25(21-11-6-7-12-23(21)29)27(26(20)28(30)33)32-15-13-31-14-16-32;/h4-8,10-12,31H,2-3,9,13-17H2,1H3,(H2,30,33);1H. The van der Waals surface area contributed by atoms with Gasteiger partial charge >= 0.3 is 0 Å². The molecule has 2 aliphatic rings. The van der Waals surface area contributed by atoms with Crippen LogP contribution >= 0.6 is 24.0 Å². The van der Waals surface area contributed by atoms with Crippen LogP contribution < -0.4 is 16.0 Å². The lowest BCUT2D eigenvalue weighted by Gasteiger charge is -2.35. The van der Waals surface area contributed by atoms with Crippen molar-refractivity contribution in [2.24, 2.45) is 5.73 Å². The topological polar surface area (TPSA) is 58.4 Å². The Hall–Kier alpha value is -2.53. The maximum atomic E-state index is 13.1. The number of fused-ring (bicyclic) bond motifs is 3. The Labute approximate surface area is 212 Å². The molecule has 1 saturated heterocycles. The fourth-order valence-electron chi connectivity index (χ4n) is 5.47. The van der Waals surface area contributed by atoms with Crippen LogP contribution in [0.5, 0.6) is 0 Å². The third-order valence-corrected chi connectivity index (χ3v) is 7.28. The molecule has 3 aromatic carbocycles. The van der Waals surface area contributed by atoms with Crippen LogP contribution in [0.3, 0.4) is 0 Å². The number of hydrogen-bond acceptors (Lipinski definition) is 3. The number of halogens is 2. The number of piperazine rings is 1. The van der Waals surface area contributed by atoms with Crippen LogP contribution in [-0.2, 0) is 12.8 Å². The van der Waals surface area contributed by atoms with Crippen LogP contribution in [0.25, 0.3) is 22.3 Å². The monoisotopic (exact) mass is 495 g/mol. The molecule has 4 nitrogen and oxygen atoms in total. The molecule has 0 bridgehead atoms. The second kappa shape index (κ2) is 10.4. The third kappa shape index (κ3) is 4.19. The van der Waals surface area contributed by atoms with Crippen molar-refractivity contribution in [1.29, 1.82) is 0 Å². The maximum Gasteiger partial charge on any atom is 0.251 e. The molecule has 0 atom stereocenters. The van der Waals surface area contributed by atoms with Gasteiger partial charge in [-0.2, -0.15) is 0 Å². The van der Waals surface area contributed by atoms with Crippen molar-refractivity contribution in [1.82, 2.24) is 5.32 Å². The van der Waals surface area contributed by atoms with Crippen LogP contribution in [0.1, 0.15) is 46.8 Å². The van der Waals surface area contributed by atoms with Gasteiger partial charge in [0, 0.05) is 42.3 Å². The molecule has 1 fully saturated rings. The fraction of sp³-hybridized carbons (Fsp3) is 0.321. The average molecular weight is 496 g/mol. The molecule has 34 heavy (non-hydrogen) atoms. The molecule has 1 heterocycles. The lowest BCUT2D eigenvalue weighted by atomic mass is 9.83. The maximum absolute atomic E-state index is 13.1. The molecule has 6 heteroatoms. The van der Waals surface area contributed by atoms with Gasteiger partial charge in [-0.15, -0.1) is 12.4 Å². The second-order valence-corrected chi connectivity index (χ2v) is 9.36. The summed E-state index contributed by atoms with van der Waals surface area (Å²) >= 11 is 6.81. The van der Waals surface area contributed by atoms with Crippen LogP contribution in [0.2, 0.25) is 5.02 Å². The van der Waals surface area contributed by atoms with Gasteiger partial charge in [0.25, 0.3) is 5.91 Å². The highest BCUT2D eigenvalue weighted by Crippen LogP contribution is 2.52. The van der Waals surface area contributed by atoms with Gasteiger partial charge < -0.3 is 16.0 Å². The van der Waals surface area contributed by atoms with Crippen molar-refractivity contribution in [3.8, 4) is 22.3 Å². The highest BCUT2D eigenvalue weighted by molar-refractivity contribution is 6.34. The first kappa shape index (κ1) is 24.6. The number of amides is 1. The van der Waals surface area contributed by atoms with E-state index in [-0.39, 0.29) is 18.3 Å². The van der Waals surface area contributed by atoms with Gasteiger partial charge in [-0.25, -0.2) is 0 Å². The molecule has 1 aliphatic carbocycles. The molecular formula is C28H31Cl2N3O. The zero-order valence-electron chi connectivity index (χ0n) is 19.5. The van der Waals surface area contributed by atoms with E-state index in [1.54, 1.807) is 0 Å². The van der Waals surface area contributed by atoms with E-state index in [2.05, 4.69) is 47.5 Å². The van der Waals surface area contributed by atoms with E-state index in [1.807, 2.05) is 18.2 Å². The minimum Gasteiger partial charge on any atom is -0.368 e. The van der Waals surface area contributed by atoms with E-state index in [0.29, 0.717) is 10.6 Å². The summed E-state index contributed by atoms with van der Waals surface area (Å²) < 4.78 is 0. The number of nitrogens with one attached hydrogen (secondary N) is 1. The number of anilines is 1. The number of carbonyl (C=O) groups excluding carboxylic acids is 1. The predicted octanol–water partition coefficient (Wildman–Crippen LogP) is 5.85. The van der Waals surface area contributed by atoms with Gasteiger partial charge in [0.2, 0.25) is 0 Å². The van der Waals surface area contributed by atoms with Gasteiger partial charge in [-0.05, 0) is 53.1 Å². The molecular weight excluding hydrogens is 465 g/mol. The highest BCUT2D eigenvalue weighted by atomic mass is 35.5. The summed E-state index contributed by atoms with van der Waals surface area (Å²) in [5.41, 5.74) is 16.0. The van der Waals surface area contributed by atoms with Gasteiger partial charge in [0.15, 0.2) is 0 Å². The van der Waals surface area contributed by atoms with Crippen molar-refractivity contribution >= 4 is 35.6 Å². The molecule has 0 saturated carbocycles. The molecule has 1 aliphatic heterocycles. The summed E-state index contributed by atoms with van der Waals surface area (Å²) in [4.78, 5) is 15.5. The third-order valence-electron chi connectivity index (χ3n) is 6.95. The number of nitrogens with zero attached hydrogens (tertiary/aromatic N) is 1. The lowest BCUT2D eigenvalue weighted by Crippen LogP contribution is -2.44. The van der Waals surface area contributed by atoms with E-state index in [4.69, 9.17) is 17.3 Å². The summed E-state index contributed by atoms with van der Waals surface area (Å²) in [6.07, 6.45) is 3.77. The zero-order valence-corrected chi connectivity index (χ0v) is 21.1. The van der Waals surface area contributed by atoms with E-state index in [9.17, 15) is 4.79 Å². The van der Waals surface area contributed by atoms with E-state index in [1.165, 1.54) is 22.3 Å². The molecule has 3 aromatic rings. The van der Waals surface area contributed by atoms with Crippen molar-refractivity contribution in [3.63, 3.8) is 0 Å². The Morgan fingerprint density at radius 2 is 1.71 bits per heavy atom.